The molecule has 2 fully saturated rings. The highest BCUT2D eigenvalue weighted by Crippen LogP contribution is 2.43. The van der Waals surface area contributed by atoms with Gasteiger partial charge in [-0.05, 0) is 25.7 Å². The van der Waals surface area contributed by atoms with Crippen LogP contribution in [0.15, 0.2) is 0 Å². The van der Waals surface area contributed by atoms with E-state index in [0.29, 0.717) is 6.54 Å². The molecule has 100 valence electrons. The van der Waals surface area contributed by atoms with Crippen LogP contribution < -0.4 is 5.32 Å². The Balaban J connectivity index is 1.65. The molecule has 1 saturated heterocycles. The summed E-state index contributed by atoms with van der Waals surface area (Å²) in [6.07, 6.45) is 2.73. The predicted molar refractivity (Wildman–Crippen MR) is 60.2 cm³/mol. The van der Waals surface area contributed by atoms with Crippen LogP contribution in [0.25, 0.3) is 0 Å². The van der Waals surface area contributed by atoms with E-state index in [9.17, 15) is 8.78 Å². The maximum absolute atomic E-state index is 12.0. The van der Waals surface area contributed by atoms with Gasteiger partial charge in [0.05, 0.1) is 11.7 Å². The van der Waals surface area contributed by atoms with Gasteiger partial charge in [0, 0.05) is 13.1 Å². The first-order valence-electron chi connectivity index (χ1n) is 6.46. The van der Waals surface area contributed by atoms with Gasteiger partial charge in [0.15, 0.2) is 0 Å². The zero-order valence-corrected chi connectivity index (χ0v) is 10.0. The van der Waals surface area contributed by atoms with Gasteiger partial charge in [-0.3, -0.25) is 0 Å². The number of halogens is 2. The average Bonchev–Trinajstić information content (AvgIpc) is 2.90. The first-order valence-corrected chi connectivity index (χ1v) is 6.46. The molecule has 0 aromatic carbocycles. The largest absolute Gasteiger partial charge is 0.386 e. The van der Waals surface area contributed by atoms with Crippen molar-refractivity contribution in [3.05, 3.63) is 0 Å². The highest BCUT2D eigenvalue weighted by molar-refractivity contribution is 4.93. The minimum absolute atomic E-state index is 0.0650. The lowest BCUT2D eigenvalue weighted by molar-refractivity contribution is -0.0389. The number of nitrogens with one attached hydrogen (secondary N) is 1. The van der Waals surface area contributed by atoms with E-state index in [0.717, 1.165) is 25.7 Å². The molecule has 0 amide bonds. The zero-order chi connectivity index (χ0) is 12.3. The first kappa shape index (κ1) is 13.2. The smallest absolute Gasteiger partial charge is 0.265 e. The summed E-state index contributed by atoms with van der Waals surface area (Å²) in [5.74, 6) is 0. The quantitative estimate of drug-likeness (QED) is 0.779. The number of aliphatic hydroxyl groups excluding tert-OH is 1. The van der Waals surface area contributed by atoms with Crippen molar-refractivity contribution in [2.45, 2.75) is 62.8 Å². The summed E-state index contributed by atoms with van der Waals surface area (Å²) in [6.45, 7) is 0.496. The fourth-order valence-corrected chi connectivity index (χ4v) is 2.91. The number of aliphatic hydroxyl groups is 1. The number of alkyl halides is 2. The molecule has 1 aliphatic carbocycles. The van der Waals surface area contributed by atoms with E-state index in [1.54, 1.807) is 0 Å². The van der Waals surface area contributed by atoms with Crippen LogP contribution in [0.2, 0.25) is 0 Å². The molecule has 3 nitrogen and oxygen atoms in total. The maximum Gasteiger partial charge on any atom is 0.265 e. The third-order valence-corrected chi connectivity index (χ3v) is 3.87. The molecule has 1 heterocycles. The minimum atomic E-state index is -2.67. The van der Waals surface area contributed by atoms with Gasteiger partial charge in [0.2, 0.25) is 0 Å². The second-order valence-electron chi connectivity index (χ2n) is 5.23. The fraction of sp³-hybridized carbons (Fsp3) is 1.00. The molecule has 17 heavy (non-hydrogen) atoms. The monoisotopic (exact) mass is 249 g/mol. The van der Waals surface area contributed by atoms with Crippen molar-refractivity contribution in [3.63, 3.8) is 0 Å². The summed E-state index contributed by atoms with van der Waals surface area (Å²) in [5.41, 5.74) is 0.0909. The van der Waals surface area contributed by atoms with Gasteiger partial charge in [-0.2, -0.15) is 0 Å². The lowest BCUT2D eigenvalue weighted by atomic mass is 9.98. The van der Waals surface area contributed by atoms with Gasteiger partial charge >= 0.3 is 0 Å². The Bertz CT molecular complexity index is 245. The van der Waals surface area contributed by atoms with Crippen molar-refractivity contribution < 1.29 is 18.6 Å². The molecule has 0 aromatic heterocycles. The third-order valence-electron chi connectivity index (χ3n) is 3.87. The molecule has 2 N–H and O–H groups in total. The van der Waals surface area contributed by atoms with Gasteiger partial charge < -0.3 is 15.2 Å². The summed E-state index contributed by atoms with van der Waals surface area (Å²) in [5, 5.41) is 11.8. The van der Waals surface area contributed by atoms with Crippen molar-refractivity contribution in [1.29, 1.82) is 0 Å². The Morgan fingerprint density at radius 1 is 1.29 bits per heavy atom. The Kier molecular flexibility index (Phi) is 4.33. The molecule has 2 rings (SSSR count). The lowest BCUT2D eigenvalue weighted by Gasteiger charge is -2.24. The second kappa shape index (κ2) is 5.59. The molecular formula is C12H21F2NO2. The van der Waals surface area contributed by atoms with Crippen LogP contribution >= 0.6 is 0 Å². The Morgan fingerprint density at radius 3 is 2.65 bits per heavy atom. The highest BCUT2D eigenvalue weighted by Gasteiger charge is 2.41. The maximum atomic E-state index is 12.0. The van der Waals surface area contributed by atoms with Crippen LogP contribution in [0, 0.1) is 0 Å². The van der Waals surface area contributed by atoms with E-state index in [1.807, 2.05) is 0 Å². The van der Waals surface area contributed by atoms with Crippen LogP contribution in [0.3, 0.4) is 0 Å². The highest BCUT2D eigenvalue weighted by atomic mass is 19.3. The standard InChI is InChI=1S/C12H21F2NO2/c13-11(14)10(16)8-15-7-9-3-6-12(17-9)4-1-2-5-12/h9-11,15-16H,1-8H2. The van der Waals surface area contributed by atoms with E-state index in [4.69, 9.17) is 9.84 Å². The van der Waals surface area contributed by atoms with Crippen LogP contribution in [-0.4, -0.2) is 42.4 Å². The molecule has 0 bridgehead atoms. The molecule has 0 aromatic rings. The van der Waals surface area contributed by atoms with E-state index in [1.165, 1.54) is 12.8 Å². The number of ether oxygens (including phenoxy) is 1. The minimum Gasteiger partial charge on any atom is -0.386 e. The van der Waals surface area contributed by atoms with Gasteiger partial charge in [0.1, 0.15) is 6.10 Å². The van der Waals surface area contributed by atoms with Crippen LogP contribution in [0.5, 0.6) is 0 Å². The van der Waals surface area contributed by atoms with Crippen molar-refractivity contribution >= 4 is 0 Å². The molecule has 1 aliphatic heterocycles. The summed E-state index contributed by atoms with van der Waals surface area (Å²) >= 11 is 0. The Labute approximate surface area is 101 Å². The Morgan fingerprint density at radius 2 is 2.00 bits per heavy atom. The molecule has 2 atom stereocenters. The molecule has 2 aliphatic rings. The van der Waals surface area contributed by atoms with Crippen LogP contribution in [0.4, 0.5) is 8.78 Å². The van der Waals surface area contributed by atoms with Crippen molar-refractivity contribution in [2.75, 3.05) is 13.1 Å². The van der Waals surface area contributed by atoms with Gasteiger partial charge in [-0.25, -0.2) is 8.78 Å². The molecule has 0 radical (unpaired) electrons. The molecule has 1 saturated carbocycles. The van der Waals surface area contributed by atoms with E-state index < -0.39 is 12.5 Å². The van der Waals surface area contributed by atoms with Gasteiger partial charge in [0.25, 0.3) is 6.43 Å². The lowest BCUT2D eigenvalue weighted by Crippen LogP contribution is -2.37. The van der Waals surface area contributed by atoms with Crippen molar-refractivity contribution in [3.8, 4) is 0 Å². The summed E-state index contributed by atoms with van der Waals surface area (Å²) < 4.78 is 30.1. The Hall–Kier alpha value is -0.260. The molecule has 2 unspecified atom stereocenters. The van der Waals surface area contributed by atoms with E-state index >= 15 is 0 Å². The van der Waals surface area contributed by atoms with Gasteiger partial charge in [-0.15, -0.1) is 0 Å². The first-order chi connectivity index (χ1) is 8.11. The van der Waals surface area contributed by atoms with Gasteiger partial charge in [-0.1, -0.05) is 12.8 Å². The summed E-state index contributed by atoms with van der Waals surface area (Å²) in [6, 6.07) is 0. The number of rotatable bonds is 5. The van der Waals surface area contributed by atoms with Crippen molar-refractivity contribution in [1.82, 2.24) is 5.32 Å². The van der Waals surface area contributed by atoms with Crippen LogP contribution in [0.1, 0.15) is 38.5 Å². The molecular weight excluding hydrogens is 228 g/mol. The topological polar surface area (TPSA) is 41.5 Å². The molecule has 1 spiro atoms. The second-order valence-corrected chi connectivity index (χ2v) is 5.23. The van der Waals surface area contributed by atoms with Crippen LogP contribution in [-0.2, 0) is 4.74 Å². The SMILES string of the molecule is OC(CNCC1CCC2(CCCC2)O1)C(F)F. The normalized spacial score (nSPS) is 29.3. The van der Waals surface area contributed by atoms with E-state index in [2.05, 4.69) is 5.32 Å². The predicted octanol–water partition coefficient (Wildman–Crippen LogP) is 1.69. The van der Waals surface area contributed by atoms with E-state index in [-0.39, 0.29) is 18.2 Å². The zero-order valence-electron chi connectivity index (χ0n) is 10.0. The fourth-order valence-electron chi connectivity index (χ4n) is 2.91. The molecule has 5 heteroatoms. The van der Waals surface area contributed by atoms with Crippen molar-refractivity contribution in [2.24, 2.45) is 0 Å². The average molecular weight is 249 g/mol. The number of hydrogen-bond donors (Lipinski definition) is 2. The number of hydrogen-bond acceptors (Lipinski definition) is 3. The summed E-state index contributed by atoms with van der Waals surface area (Å²) in [4.78, 5) is 0. The summed E-state index contributed by atoms with van der Waals surface area (Å²) in [7, 11) is 0. The third kappa shape index (κ3) is 3.36.